The lowest BCUT2D eigenvalue weighted by Gasteiger charge is -2.21. The molecule has 10 heteroatoms. The molecular weight excluding hydrogens is 408 g/mol. The highest BCUT2D eigenvalue weighted by molar-refractivity contribution is 7.77. The Morgan fingerprint density at radius 3 is 2.93 bits per heavy atom. The van der Waals surface area contributed by atoms with Gasteiger partial charge in [0.05, 0.1) is 18.2 Å². The number of benzene rings is 1. The quantitative estimate of drug-likeness (QED) is 0.528. The number of nitrogens with one attached hydrogen (secondary N) is 2. The van der Waals surface area contributed by atoms with E-state index in [1.807, 2.05) is 12.1 Å². The van der Waals surface area contributed by atoms with E-state index in [0.717, 1.165) is 6.42 Å². The van der Waals surface area contributed by atoms with Gasteiger partial charge in [0.25, 0.3) is 0 Å². The van der Waals surface area contributed by atoms with Gasteiger partial charge >= 0.3 is 0 Å². The lowest BCUT2D eigenvalue weighted by molar-refractivity contribution is 0.0959. The number of anilines is 1. The summed E-state index contributed by atoms with van der Waals surface area (Å²) in [4.78, 5) is 8.50. The molecule has 30 heavy (non-hydrogen) atoms. The molecule has 0 bridgehead atoms. The monoisotopic (exact) mass is 433 g/mol. The number of methoxy groups -OCH3 is 1. The first-order valence-corrected chi connectivity index (χ1v) is 11.0. The van der Waals surface area contributed by atoms with Gasteiger partial charge in [-0.15, -0.1) is 0 Å². The zero-order valence-corrected chi connectivity index (χ0v) is 17.4. The number of rotatable bonds is 8. The maximum Gasteiger partial charge on any atom is 0.218 e. The summed E-state index contributed by atoms with van der Waals surface area (Å²) in [5, 5.41) is 13.6. The zero-order chi connectivity index (χ0) is 21.1. The van der Waals surface area contributed by atoms with Crippen LogP contribution in [0.2, 0.25) is 0 Å². The van der Waals surface area contributed by atoms with E-state index in [9.17, 15) is 13.9 Å². The van der Waals surface area contributed by atoms with Gasteiger partial charge in [0.15, 0.2) is 0 Å². The van der Waals surface area contributed by atoms with Crippen molar-refractivity contribution in [3.8, 4) is 5.88 Å². The van der Waals surface area contributed by atoms with E-state index < -0.39 is 17.4 Å². The van der Waals surface area contributed by atoms with Crippen LogP contribution in [0.15, 0.2) is 36.7 Å². The summed E-state index contributed by atoms with van der Waals surface area (Å²) in [5.41, 5.74) is 2.45. The summed E-state index contributed by atoms with van der Waals surface area (Å²) in [5.74, 6) is 0.845. The Kier molecular flexibility index (Phi) is 6.59. The maximum atomic E-state index is 10.7. The van der Waals surface area contributed by atoms with E-state index in [-0.39, 0.29) is 30.7 Å². The average molecular weight is 434 g/mol. The second-order valence-corrected chi connectivity index (χ2v) is 8.42. The van der Waals surface area contributed by atoms with Gasteiger partial charge in [-0.05, 0) is 17.5 Å². The van der Waals surface area contributed by atoms with Crippen LogP contribution < -0.4 is 14.8 Å². The van der Waals surface area contributed by atoms with E-state index in [0.29, 0.717) is 24.5 Å². The molecule has 1 saturated carbocycles. The predicted molar refractivity (Wildman–Crippen MR) is 109 cm³/mol. The molecule has 1 aromatic carbocycles. The Hall–Kier alpha value is -2.11. The van der Waals surface area contributed by atoms with Crippen LogP contribution in [0.1, 0.15) is 30.0 Å². The van der Waals surface area contributed by atoms with Crippen LogP contribution in [0.25, 0.3) is 0 Å². The number of aliphatic hydroxyl groups excluding tert-OH is 1. The van der Waals surface area contributed by atoms with Crippen LogP contribution in [0.3, 0.4) is 0 Å². The number of aromatic nitrogens is 2. The van der Waals surface area contributed by atoms with Crippen LogP contribution in [0, 0.1) is 5.92 Å². The maximum absolute atomic E-state index is 10.7. The number of fused-ring (bicyclic) bond motifs is 1. The molecule has 2 aliphatic rings. The van der Waals surface area contributed by atoms with Crippen molar-refractivity contribution in [1.82, 2.24) is 14.7 Å². The third kappa shape index (κ3) is 4.79. The minimum Gasteiger partial charge on any atom is -0.760 e. The number of hydrogen-bond donors (Lipinski definition) is 3. The minimum absolute atomic E-state index is 0.00605. The van der Waals surface area contributed by atoms with Gasteiger partial charge < -0.3 is 24.4 Å². The predicted octanol–water partition coefficient (Wildman–Crippen LogP) is 1.10. The van der Waals surface area contributed by atoms with E-state index in [1.165, 1.54) is 17.5 Å². The molecule has 2 aliphatic carbocycles. The van der Waals surface area contributed by atoms with Gasteiger partial charge in [-0.1, -0.05) is 24.3 Å². The van der Waals surface area contributed by atoms with Crippen molar-refractivity contribution in [3.63, 3.8) is 0 Å². The first-order valence-electron chi connectivity index (χ1n) is 9.90. The van der Waals surface area contributed by atoms with Crippen molar-refractivity contribution < 1.29 is 23.3 Å². The summed E-state index contributed by atoms with van der Waals surface area (Å²) >= 11 is -2.34. The fourth-order valence-electron chi connectivity index (χ4n) is 4.30. The number of ether oxygens (including phenoxy) is 2. The molecule has 4 rings (SSSR count). The summed E-state index contributed by atoms with van der Waals surface area (Å²) in [7, 11) is 1.71. The number of nitrogens with zero attached hydrogens (tertiary/aromatic N) is 2. The summed E-state index contributed by atoms with van der Waals surface area (Å²) in [6, 6.07) is 9.95. The van der Waals surface area contributed by atoms with E-state index in [1.54, 1.807) is 13.2 Å². The van der Waals surface area contributed by atoms with Crippen molar-refractivity contribution >= 4 is 17.1 Å². The van der Waals surface area contributed by atoms with Crippen LogP contribution in [-0.4, -0.2) is 55.8 Å². The molecule has 162 valence electrons. The highest BCUT2D eigenvalue weighted by Gasteiger charge is 2.35. The summed E-state index contributed by atoms with van der Waals surface area (Å²) in [6.07, 6.45) is 2.38. The Balaban J connectivity index is 1.41. The third-order valence-electron chi connectivity index (χ3n) is 5.80. The van der Waals surface area contributed by atoms with Crippen molar-refractivity contribution in [2.24, 2.45) is 5.92 Å². The molecule has 1 heterocycles. The van der Waals surface area contributed by atoms with E-state index in [2.05, 4.69) is 32.1 Å². The van der Waals surface area contributed by atoms with E-state index >= 15 is 0 Å². The second kappa shape index (κ2) is 9.36. The first kappa shape index (κ1) is 21.1. The minimum atomic E-state index is -2.34. The Labute approximate surface area is 177 Å². The number of hydrogen-bond acceptors (Lipinski definition) is 8. The van der Waals surface area contributed by atoms with Crippen molar-refractivity contribution in [2.75, 3.05) is 19.0 Å². The van der Waals surface area contributed by atoms with Crippen LogP contribution in [-0.2, 0) is 22.4 Å². The Bertz CT molecular complexity index is 901. The lowest BCUT2D eigenvalue weighted by Crippen LogP contribution is -2.28. The average Bonchev–Trinajstić information content (AvgIpc) is 3.26. The van der Waals surface area contributed by atoms with Crippen LogP contribution in [0.4, 0.5) is 5.82 Å². The fourth-order valence-corrected chi connectivity index (χ4v) is 4.66. The van der Waals surface area contributed by atoms with Crippen molar-refractivity contribution in [2.45, 2.75) is 43.6 Å². The van der Waals surface area contributed by atoms with E-state index in [4.69, 9.17) is 9.47 Å². The van der Waals surface area contributed by atoms with Crippen molar-refractivity contribution in [1.29, 1.82) is 0 Å². The zero-order valence-electron chi connectivity index (χ0n) is 16.6. The van der Waals surface area contributed by atoms with Gasteiger partial charge in [0, 0.05) is 49.7 Å². The third-order valence-corrected chi connectivity index (χ3v) is 6.20. The van der Waals surface area contributed by atoms with Crippen LogP contribution >= 0.6 is 0 Å². The van der Waals surface area contributed by atoms with Gasteiger partial charge in [-0.25, -0.2) is 14.7 Å². The van der Waals surface area contributed by atoms with Gasteiger partial charge in [-0.2, -0.15) is 0 Å². The first-order chi connectivity index (χ1) is 14.5. The molecule has 0 saturated heterocycles. The molecule has 1 aromatic heterocycles. The molecule has 0 aliphatic heterocycles. The van der Waals surface area contributed by atoms with Crippen molar-refractivity contribution in [3.05, 3.63) is 47.8 Å². The van der Waals surface area contributed by atoms with Crippen LogP contribution in [0.5, 0.6) is 5.88 Å². The van der Waals surface area contributed by atoms with Gasteiger partial charge in [0.2, 0.25) is 5.88 Å². The smallest absolute Gasteiger partial charge is 0.218 e. The Morgan fingerprint density at radius 1 is 1.30 bits per heavy atom. The lowest BCUT2D eigenvalue weighted by atomic mass is 10.1. The summed E-state index contributed by atoms with van der Waals surface area (Å²) in [6.45, 7) is 0.188. The molecule has 6 atom stereocenters. The number of aliphatic hydroxyl groups is 1. The molecule has 0 radical (unpaired) electrons. The van der Waals surface area contributed by atoms with Gasteiger partial charge in [0.1, 0.15) is 18.2 Å². The standard InChI is InChI=1S/C20H26N4O5S/c1-28-17-7-12-4-2-3-5-15(12)20(17)24-18-9-19(22-11-21-18)29-14-6-13(16(25)8-14)10-23-30(26)27/h2-5,9,11,13-14,16-17,20,23,25H,6-8,10H2,1H3,(H,26,27)(H,21,22,24)/p-1/t13-,14+,16-,17-,20+/m0/s1. The molecule has 1 fully saturated rings. The highest BCUT2D eigenvalue weighted by Crippen LogP contribution is 2.36. The molecule has 1 unspecified atom stereocenters. The molecule has 9 nitrogen and oxygen atoms in total. The van der Waals surface area contributed by atoms with Gasteiger partial charge in [-0.3, -0.25) is 4.21 Å². The molecular formula is C20H25N4O5S-. The molecule has 0 amide bonds. The molecule has 2 aromatic rings. The largest absolute Gasteiger partial charge is 0.760 e. The summed E-state index contributed by atoms with van der Waals surface area (Å²) < 4.78 is 35.3. The normalized spacial score (nSPS) is 28.8. The topological polar surface area (TPSA) is 129 Å². The molecule has 0 spiro atoms. The SMILES string of the molecule is CO[C@H]1Cc2ccccc2[C@H]1Nc1cc(O[C@@H]2C[C@@H](CNS(=O)[O-])[C@@H](O)C2)ncn1. The molecule has 3 N–H and O–H groups in total. The second-order valence-electron chi connectivity index (χ2n) is 7.66. The fraction of sp³-hybridized carbons (Fsp3) is 0.500. The highest BCUT2D eigenvalue weighted by atomic mass is 32.2. The Morgan fingerprint density at radius 2 is 2.13 bits per heavy atom.